The maximum Gasteiger partial charge on any atom is 0.356 e. The molecule has 0 fully saturated rings. The fourth-order valence-corrected chi connectivity index (χ4v) is 3.50. The molecule has 0 aliphatic carbocycles. The lowest BCUT2D eigenvalue weighted by molar-refractivity contribution is -0.0762. The van der Waals surface area contributed by atoms with Gasteiger partial charge in [0.15, 0.2) is 0 Å². The van der Waals surface area contributed by atoms with E-state index in [0.717, 1.165) is 0 Å². The molecule has 0 aromatic heterocycles. The third kappa shape index (κ3) is 12.4. The molecule has 0 saturated heterocycles. The van der Waals surface area contributed by atoms with Crippen LogP contribution in [0.3, 0.4) is 0 Å². The quantitative estimate of drug-likeness (QED) is 0.118. The zero-order chi connectivity index (χ0) is 17.7. The number of hydrogen-bond donors (Lipinski definition) is 0. The van der Waals surface area contributed by atoms with Crippen molar-refractivity contribution < 1.29 is 27.8 Å². The first kappa shape index (κ1) is 22.3. The molecule has 9 nitrogen and oxygen atoms in total. The smallest absolute Gasteiger partial charge is 0.356 e. The van der Waals surface area contributed by atoms with Gasteiger partial charge < -0.3 is 23.3 Å². The average molecular weight is 353 g/mol. The first-order valence-corrected chi connectivity index (χ1v) is 9.20. The molecule has 1 atom stereocenters. The number of methoxy groups -OCH3 is 1. The van der Waals surface area contributed by atoms with E-state index in [0.29, 0.717) is 6.42 Å². The summed E-state index contributed by atoms with van der Waals surface area (Å²) in [5.41, 5.74) is 8.33. The summed E-state index contributed by atoms with van der Waals surface area (Å²) in [4.78, 5) is 2.69. The van der Waals surface area contributed by atoms with Crippen LogP contribution >= 0.6 is 7.60 Å². The van der Waals surface area contributed by atoms with Gasteiger partial charge in [-0.05, 0) is 39.6 Å². The van der Waals surface area contributed by atoms with Gasteiger partial charge in [0.1, 0.15) is 13.1 Å². The van der Waals surface area contributed by atoms with E-state index in [1.165, 1.54) is 7.11 Å². The van der Waals surface area contributed by atoms with E-state index in [1.54, 1.807) is 27.7 Å². The first-order valence-electron chi connectivity index (χ1n) is 7.48. The molecule has 0 spiro atoms. The number of nitrogens with zero attached hydrogens (tertiary/aromatic N) is 3. The van der Waals surface area contributed by atoms with E-state index in [9.17, 15) is 4.57 Å². The Balaban J connectivity index is 4.64. The van der Waals surface area contributed by atoms with E-state index >= 15 is 0 Å². The Morgan fingerprint density at radius 3 is 2.26 bits per heavy atom. The van der Waals surface area contributed by atoms with Gasteiger partial charge in [-0.15, -0.1) is 0 Å². The normalized spacial score (nSPS) is 13.3. The first-order chi connectivity index (χ1) is 10.8. The minimum absolute atomic E-state index is 0.115. The summed E-state index contributed by atoms with van der Waals surface area (Å²) in [5, 5.41) is 3.46. The highest BCUT2D eigenvalue weighted by molar-refractivity contribution is 7.53. The SMILES string of the molecule is COCOCC(CCN=[N+]=[N-])OCP(=O)(OC(C)C)OC(C)C. The van der Waals surface area contributed by atoms with Crippen molar-refractivity contribution in [3.63, 3.8) is 0 Å². The molecule has 0 bridgehead atoms. The molecule has 0 aliphatic heterocycles. The minimum atomic E-state index is -3.38. The largest absolute Gasteiger partial charge is 0.363 e. The van der Waals surface area contributed by atoms with Crippen molar-refractivity contribution in [2.45, 2.75) is 52.4 Å². The topological polar surface area (TPSA) is 112 Å². The lowest BCUT2D eigenvalue weighted by atomic mass is 10.3. The second-order valence-corrected chi connectivity index (χ2v) is 7.26. The van der Waals surface area contributed by atoms with Gasteiger partial charge in [-0.3, -0.25) is 4.57 Å². The predicted molar refractivity (Wildman–Crippen MR) is 86.2 cm³/mol. The Kier molecular flexibility index (Phi) is 12.4. The van der Waals surface area contributed by atoms with Crippen LogP contribution in [0.5, 0.6) is 0 Å². The summed E-state index contributed by atoms with van der Waals surface area (Å²) in [7, 11) is -1.87. The van der Waals surface area contributed by atoms with E-state index in [4.69, 9.17) is 28.8 Å². The van der Waals surface area contributed by atoms with E-state index in [1.807, 2.05) is 0 Å². The molecule has 0 radical (unpaired) electrons. The molecule has 0 aromatic rings. The molecule has 0 rings (SSSR count). The van der Waals surface area contributed by atoms with Crippen LogP contribution in [0.4, 0.5) is 0 Å². The zero-order valence-electron chi connectivity index (χ0n) is 14.5. The van der Waals surface area contributed by atoms with Gasteiger partial charge in [-0.1, -0.05) is 5.11 Å². The highest BCUT2D eigenvalue weighted by atomic mass is 31.2. The minimum Gasteiger partial charge on any atom is -0.363 e. The van der Waals surface area contributed by atoms with Crippen molar-refractivity contribution in [1.29, 1.82) is 0 Å². The van der Waals surface area contributed by atoms with Crippen LogP contribution in [0, 0.1) is 0 Å². The van der Waals surface area contributed by atoms with Crippen LogP contribution in [0.25, 0.3) is 10.4 Å². The highest BCUT2D eigenvalue weighted by Crippen LogP contribution is 2.50. The van der Waals surface area contributed by atoms with Gasteiger partial charge in [0.05, 0.1) is 24.9 Å². The van der Waals surface area contributed by atoms with Gasteiger partial charge in [0, 0.05) is 18.6 Å². The number of rotatable bonds is 14. The highest BCUT2D eigenvalue weighted by Gasteiger charge is 2.29. The Labute approximate surface area is 137 Å². The molecule has 23 heavy (non-hydrogen) atoms. The van der Waals surface area contributed by atoms with Crippen LogP contribution in [0.1, 0.15) is 34.1 Å². The third-order valence-corrected chi connectivity index (χ3v) is 4.28. The summed E-state index contributed by atoms with van der Waals surface area (Å²) in [6, 6.07) is 0. The summed E-state index contributed by atoms with van der Waals surface area (Å²) < 4.78 is 39.2. The van der Waals surface area contributed by atoms with Gasteiger partial charge in [0.25, 0.3) is 0 Å². The van der Waals surface area contributed by atoms with Crippen molar-refractivity contribution in [1.82, 2.24) is 0 Å². The van der Waals surface area contributed by atoms with Crippen molar-refractivity contribution in [3.05, 3.63) is 10.4 Å². The van der Waals surface area contributed by atoms with Crippen molar-refractivity contribution in [2.75, 3.05) is 33.4 Å². The van der Waals surface area contributed by atoms with Crippen LogP contribution in [0.2, 0.25) is 0 Å². The number of azide groups is 1. The molecular weight excluding hydrogens is 325 g/mol. The number of ether oxygens (including phenoxy) is 3. The Morgan fingerprint density at radius 1 is 1.17 bits per heavy atom. The number of hydrogen-bond acceptors (Lipinski definition) is 7. The molecule has 10 heteroatoms. The van der Waals surface area contributed by atoms with Crippen LogP contribution in [-0.4, -0.2) is 51.7 Å². The second-order valence-electron chi connectivity index (χ2n) is 5.36. The molecule has 0 aromatic carbocycles. The summed E-state index contributed by atoms with van der Waals surface area (Å²) in [6.45, 7) is 7.68. The van der Waals surface area contributed by atoms with Gasteiger partial charge in [0.2, 0.25) is 0 Å². The molecule has 1 unspecified atom stereocenters. The lowest BCUT2D eigenvalue weighted by Gasteiger charge is -2.25. The van der Waals surface area contributed by atoms with Crippen molar-refractivity contribution >= 4 is 7.60 Å². The standard InChI is InChI=1S/C13H28N3O6P/c1-11(2)21-23(17,22-12(3)4)10-20-13(6-7-15-16-14)8-19-9-18-5/h11-13H,6-10H2,1-5H3. The van der Waals surface area contributed by atoms with Crippen molar-refractivity contribution in [3.8, 4) is 0 Å². The van der Waals surface area contributed by atoms with E-state index < -0.39 is 13.7 Å². The maximum absolute atomic E-state index is 12.7. The molecule has 0 N–H and O–H groups in total. The molecule has 136 valence electrons. The van der Waals surface area contributed by atoms with Gasteiger partial charge in [-0.2, -0.15) is 0 Å². The van der Waals surface area contributed by atoms with E-state index in [-0.39, 0.29) is 38.5 Å². The van der Waals surface area contributed by atoms with Crippen LogP contribution in [-0.2, 0) is 27.8 Å². The Bertz CT molecular complexity index is 387. The second kappa shape index (κ2) is 12.7. The molecule has 0 saturated carbocycles. The Hall–Kier alpha value is -0.660. The van der Waals surface area contributed by atoms with Crippen LogP contribution < -0.4 is 0 Å². The molecule has 0 aliphatic rings. The fraction of sp³-hybridized carbons (Fsp3) is 1.00. The lowest BCUT2D eigenvalue weighted by Crippen LogP contribution is -2.23. The predicted octanol–water partition coefficient (Wildman–Crippen LogP) is 3.69. The summed E-state index contributed by atoms with van der Waals surface area (Å²) in [6.07, 6.45) is -0.683. The fourth-order valence-electron chi connectivity index (χ4n) is 1.65. The van der Waals surface area contributed by atoms with Gasteiger partial charge >= 0.3 is 7.60 Å². The molecule has 0 amide bonds. The monoisotopic (exact) mass is 353 g/mol. The van der Waals surface area contributed by atoms with Crippen LogP contribution in [0.15, 0.2) is 5.11 Å². The maximum atomic E-state index is 12.7. The zero-order valence-corrected chi connectivity index (χ0v) is 15.4. The van der Waals surface area contributed by atoms with E-state index in [2.05, 4.69) is 10.0 Å². The summed E-state index contributed by atoms with van der Waals surface area (Å²) in [5.74, 6) is 0. The van der Waals surface area contributed by atoms with Crippen molar-refractivity contribution in [2.24, 2.45) is 5.11 Å². The van der Waals surface area contributed by atoms with Gasteiger partial charge in [-0.25, -0.2) is 0 Å². The molecular formula is C13H28N3O6P. The third-order valence-electron chi connectivity index (χ3n) is 2.33. The average Bonchev–Trinajstić information content (AvgIpc) is 2.42. The summed E-state index contributed by atoms with van der Waals surface area (Å²) >= 11 is 0. The molecule has 0 heterocycles. The Morgan fingerprint density at radius 2 is 1.78 bits per heavy atom.